The lowest BCUT2D eigenvalue weighted by Gasteiger charge is -2.11. The minimum atomic E-state index is -0.00794. The zero-order valence-corrected chi connectivity index (χ0v) is 8.47. The Labute approximate surface area is 79.7 Å². The summed E-state index contributed by atoms with van der Waals surface area (Å²) in [4.78, 5) is 12.6. The molecule has 2 amide bonds. The van der Waals surface area contributed by atoms with Gasteiger partial charge in [0.2, 0.25) is 0 Å². The van der Waals surface area contributed by atoms with E-state index in [4.69, 9.17) is 0 Å². The summed E-state index contributed by atoms with van der Waals surface area (Å²) in [5.74, 6) is 0. The van der Waals surface area contributed by atoms with Gasteiger partial charge in [-0.15, -0.1) is 0 Å². The molecule has 1 aliphatic carbocycles. The fourth-order valence-corrected chi connectivity index (χ4v) is 1.04. The number of amides is 2. The van der Waals surface area contributed by atoms with Crippen molar-refractivity contribution in [2.75, 3.05) is 27.2 Å². The summed E-state index contributed by atoms with van der Waals surface area (Å²) in [6.45, 7) is 1.77. The molecule has 4 heteroatoms. The van der Waals surface area contributed by atoms with Crippen molar-refractivity contribution in [3.63, 3.8) is 0 Å². The van der Waals surface area contributed by atoms with Gasteiger partial charge in [0.25, 0.3) is 0 Å². The zero-order valence-electron chi connectivity index (χ0n) is 8.47. The number of carbonyl (C=O) groups is 1. The molecule has 76 valence electrons. The van der Waals surface area contributed by atoms with Crippen LogP contribution in [0.4, 0.5) is 4.79 Å². The van der Waals surface area contributed by atoms with Gasteiger partial charge in [-0.2, -0.15) is 0 Å². The van der Waals surface area contributed by atoms with E-state index in [9.17, 15) is 4.79 Å². The average molecular weight is 185 g/mol. The van der Waals surface area contributed by atoms with E-state index < -0.39 is 0 Å². The molecule has 0 radical (unpaired) electrons. The van der Waals surface area contributed by atoms with Crippen LogP contribution < -0.4 is 10.6 Å². The van der Waals surface area contributed by atoms with Crippen LogP contribution in [-0.4, -0.2) is 44.2 Å². The van der Waals surface area contributed by atoms with E-state index in [1.807, 2.05) is 0 Å². The highest BCUT2D eigenvalue weighted by Gasteiger charge is 2.19. The molecule has 0 saturated heterocycles. The van der Waals surface area contributed by atoms with Crippen LogP contribution in [0.3, 0.4) is 0 Å². The standard InChI is InChI=1S/C9H19N3O/c1-12(2)9(13)11-7-3-6-10-8-4-5-8/h8,10H,3-7H2,1-2H3,(H,11,13). The first-order valence-corrected chi connectivity index (χ1v) is 4.88. The number of hydrogen-bond acceptors (Lipinski definition) is 2. The Morgan fingerprint density at radius 2 is 2.08 bits per heavy atom. The third-order valence-corrected chi connectivity index (χ3v) is 2.05. The van der Waals surface area contributed by atoms with Crippen LogP contribution in [-0.2, 0) is 0 Å². The third-order valence-electron chi connectivity index (χ3n) is 2.05. The van der Waals surface area contributed by atoms with E-state index in [-0.39, 0.29) is 6.03 Å². The number of carbonyl (C=O) groups excluding carboxylic acids is 1. The third kappa shape index (κ3) is 4.72. The Bertz CT molecular complexity index is 166. The zero-order chi connectivity index (χ0) is 9.68. The van der Waals surface area contributed by atoms with Gasteiger partial charge in [-0.25, -0.2) is 4.79 Å². The topological polar surface area (TPSA) is 44.4 Å². The molecular formula is C9H19N3O. The normalized spacial score (nSPS) is 15.5. The minimum Gasteiger partial charge on any atom is -0.338 e. The number of hydrogen-bond donors (Lipinski definition) is 2. The van der Waals surface area contributed by atoms with Gasteiger partial charge in [-0.3, -0.25) is 0 Å². The van der Waals surface area contributed by atoms with E-state index in [1.165, 1.54) is 12.8 Å². The molecule has 0 aromatic carbocycles. The molecule has 0 aromatic heterocycles. The smallest absolute Gasteiger partial charge is 0.316 e. The molecule has 0 spiro atoms. The molecule has 13 heavy (non-hydrogen) atoms. The maximum absolute atomic E-state index is 11.0. The quantitative estimate of drug-likeness (QED) is 0.609. The summed E-state index contributed by atoms with van der Waals surface area (Å²) in [7, 11) is 3.50. The summed E-state index contributed by atoms with van der Waals surface area (Å²) in [6, 6.07) is 0.760. The van der Waals surface area contributed by atoms with Crippen molar-refractivity contribution in [2.24, 2.45) is 0 Å². The molecular weight excluding hydrogens is 166 g/mol. The van der Waals surface area contributed by atoms with Gasteiger partial charge in [0.1, 0.15) is 0 Å². The van der Waals surface area contributed by atoms with Crippen LogP contribution in [0.5, 0.6) is 0 Å². The van der Waals surface area contributed by atoms with Crippen LogP contribution >= 0.6 is 0 Å². The van der Waals surface area contributed by atoms with Gasteiger partial charge < -0.3 is 15.5 Å². The van der Waals surface area contributed by atoms with Crippen molar-refractivity contribution >= 4 is 6.03 Å². The molecule has 1 rings (SSSR count). The Morgan fingerprint density at radius 3 is 2.62 bits per heavy atom. The lowest BCUT2D eigenvalue weighted by Crippen LogP contribution is -2.36. The van der Waals surface area contributed by atoms with E-state index in [0.717, 1.165) is 25.6 Å². The summed E-state index contributed by atoms with van der Waals surface area (Å²) in [5, 5.41) is 6.22. The largest absolute Gasteiger partial charge is 0.338 e. The molecule has 0 bridgehead atoms. The van der Waals surface area contributed by atoms with Crippen LogP contribution in [0, 0.1) is 0 Å². The molecule has 0 heterocycles. The molecule has 1 fully saturated rings. The van der Waals surface area contributed by atoms with Gasteiger partial charge in [0.05, 0.1) is 0 Å². The highest BCUT2D eigenvalue weighted by atomic mass is 16.2. The summed E-state index contributed by atoms with van der Waals surface area (Å²) in [5.41, 5.74) is 0. The van der Waals surface area contributed by atoms with Gasteiger partial charge in [-0.1, -0.05) is 0 Å². The molecule has 1 saturated carbocycles. The second-order valence-corrected chi connectivity index (χ2v) is 3.71. The molecule has 4 nitrogen and oxygen atoms in total. The Hall–Kier alpha value is -0.770. The summed E-state index contributed by atoms with van der Waals surface area (Å²) < 4.78 is 0. The van der Waals surface area contributed by atoms with Gasteiger partial charge >= 0.3 is 6.03 Å². The van der Waals surface area contributed by atoms with Crippen molar-refractivity contribution < 1.29 is 4.79 Å². The van der Waals surface area contributed by atoms with Crippen molar-refractivity contribution in [2.45, 2.75) is 25.3 Å². The lowest BCUT2D eigenvalue weighted by atomic mass is 10.4. The monoisotopic (exact) mass is 185 g/mol. The lowest BCUT2D eigenvalue weighted by molar-refractivity contribution is 0.217. The van der Waals surface area contributed by atoms with Crippen LogP contribution in [0.1, 0.15) is 19.3 Å². The predicted octanol–water partition coefficient (Wildman–Crippen LogP) is 0.400. The van der Waals surface area contributed by atoms with Crippen LogP contribution in [0.25, 0.3) is 0 Å². The van der Waals surface area contributed by atoms with Gasteiger partial charge in [0, 0.05) is 26.7 Å². The average Bonchev–Trinajstić information content (AvgIpc) is 2.87. The van der Waals surface area contributed by atoms with E-state index in [0.29, 0.717) is 0 Å². The molecule has 0 aliphatic heterocycles. The van der Waals surface area contributed by atoms with E-state index in [1.54, 1.807) is 19.0 Å². The fraction of sp³-hybridized carbons (Fsp3) is 0.889. The first kappa shape index (κ1) is 10.3. The van der Waals surface area contributed by atoms with Crippen molar-refractivity contribution in [1.29, 1.82) is 0 Å². The van der Waals surface area contributed by atoms with E-state index >= 15 is 0 Å². The molecule has 2 N–H and O–H groups in total. The summed E-state index contributed by atoms with van der Waals surface area (Å²) in [6.07, 6.45) is 3.66. The van der Waals surface area contributed by atoms with Crippen molar-refractivity contribution in [3.8, 4) is 0 Å². The second-order valence-electron chi connectivity index (χ2n) is 3.71. The van der Waals surface area contributed by atoms with Crippen LogP contribution in [0.15, 0.2) is 0 Å². The Morgan fingerprint density at radius 1 is 1.38 bits per heavy atom. The Balaban J connectivity index is 1.85. The molecule has 0 unspecified atom stereocenters. The number of rotatable bonds is 5. The van der Waals surface area contributed by atoms with Crippen molar-refractivity contribution in [3.05, 3.63) is 0 Å². The van der Waals surface area contributed by atoms with Gasteiger partial charge in [0.15, 0.2) is 0 Å². The SMILES string of the molecule is CN(C)C(=O)NCCCNC1CC1. The van der Waals surface area contributed by atoms with Crippen LogP contribution in [0.2, 0.25) is 0 Å². The summed E-state index contributed by atoms with van der Waals surface area (Å²) >= 11 is 0. The Kier molecular flexibility index (Phi) is 4.02. The highest BCUT2D eigenvalue weighted by Crippen LogP contribution is 2.18. The van der Waals surface area contributed by atoms with Gasteiger partial charge in [-0.05, 0) is 25.8 Å². The number of urea groups is 1. The second kappa shape index (κ2) is 5.07. The first-order valence-electron chi connectivity index (χ1n) is 4.88. The highest BCUT2D eigenvalue weighted by molar-refractivity contribution is 5.73. The first-order chi connectivity index (χ1) is 6.20. The van der Waals surface area contributed by atoms with E-state index in [2.05, 4.69) is 10.6 Å². The predicted molar refractivity (Wildman–Crippen MR) is 52.7 cm³/mol. The minimum absolute atomic E-state index is 0.00794. The fourth-order valence-electron chi connectivity index (χ4n) is 1.04. The molecule has 0 atom stereocenters. The number of nitrogens with zero attached hydrogens (tertiary/aromatic N) is 1. The molecule has 0 aromatic rings. The maximum atomic E-state index is 11.0. The number of nitrogens with one attached hydrogen (secondary N) is 2. The maximum Gasteiger partial charge on any atom is 0.316 e. The van der Waals surface area contributed by atoms with Crippen molar-refractivity contribution in [1.82, 2.24) is 15.5 Å². The molecule has 1 aliphatic rings.